The highest BCUT2D eigenvalue weighted by Gasteiger charge is 2.27. The topological polar surface area (TPSA) is 51.0 Å². The summed E-state index contributed by atoms with van der Waals surface area (Å²) >= 11 is 0. The Morgan fingerprint density at radius 3 is 2.52 bits per heavy atom. The third kappa shape index (κ3) is 2.74. The summed E-state index contributed by atoms with van der Waals surface area (Å²) < 4.78 is 2.02. The van der Waals surface area contributed by atoms with E-state index in [2.05, 4.69) is 23.7 Å². The Kier molecular flexibility index (Phi) is 3.90. The molecule has 5 heteroatoms. The van der Waals surface area contributed by atoms with Crippen LogP contribution in [0.4, 0.5) is 0 Å². The summed E-state index contributed by atoms with van der Waals surface area (Å²) in [6, 6.07) is 14.1. The lowest BCUT2D eigenvalue weighted by atomic mass is 9.99. The summed E-state index contributed by atoms with van der Waals surface area (Å²) in [5.74, 6) is -0.0469. The van der Waals surface area contributed by atoms with Crippen molar-refractivity contribution in [1.82, 2.24) is 19.7 Å². The van der Waals surface area contributed by atoms with Crippen molar-refractivity contribution in [3.05, 3.63) is 73.2 Å². The van der Waals surface area contributed by atoms with E-state index in [-0.39, 0.29) is 5.91 Å². The number of amides is 1. The smallest absolute Gasteiger partial charge is 0.246 e. The summed E-state index contributed by atoms with van der Waals surface area (Å²) in [5, 5.41) is 4.85. The number of hydrogen-bond donors (Lipinski definition) is 0. The minimum absolute atomic E-state index is 0.0469. The molecule has 0 spiro atoms. The number of nitrogens with zero attached hydrogens (tertiary/aromatic N) is 4. The SMILES string of the molecule is C=CC(=O)N1CCn2nc(-c3ccccc3)c(-c3ccncc3)c2C1. The largest absolute Gasteiger partial charge is 0.331 e. The van der Waals surface area contributed by atoms with Gasteiger partial charge >= 0.3 is 0 Å². The van der Waals surface area contributed by atoms with Crippen LogP contribution in [0.5, 0.6) is 0 Å². The predicted molar refractivity (Wildman–Crippen MR) is 96.5 cm³/mol. The average molecular weight is 330 g/mol. The van der Waals surface area contributed by atoms with Crippen LogP contribution >= 0.6 is 0 Å². The van der Waals surface area contributed by atoms with Crippen LogP contribution in [0.15, 0.2) is 67.5 Å². The molecule has 0 bridgehead atoms. The molecule has 0 unspecified atom stereocenters. The van der Waals surface area contributed by atoms with Gasteiger partial charge in [-0.3, -0.25) is 14.5 Å². The predicted octanol–water partition coefficient (Wildman–Crippen LogP) is 3.14. The first-order valence-electron chi connectivity index (χ1n) is 8.25. The number of aromatic nitrogens is 3. The second kappa shape index (κ2) is 6.36. The van der Waals surface area contributed by atoms with E-state index in [0.717, 1.165) is 28.1 Å². The van der Waals surface area contributed by atoms with Gasteiger partial charge < -0.3 is 4.90 Å². The molecule has 4 rings (SSSR count). The lowest BCUT2D eigenvalue weighted by molar-refractivity contribution is -0.127. The molecule has 0 aliphatic carbocycles. The van der Waals surface area contributed by atoms with Gasteiger partial charge in [-0.15, -0.1) is 0 Å². The Balaban J connectivity index is 1.89. The first-order valence-corrected chi connectivity index (χ1v) is 8.25. The van der Waals surface area contributed by atoms with Crippen molar-refractivity contribution in [2.75, 3.05) is 6.54 Å². The number of rotatable bonds is 3. The number of pyridine rings is 1. The normalized spacial score (nSPS) is 13.4. The van der Waals surface area contributed by atoms with Crippen LogP contribution < -0.4 is 0 Å². The number of fused-ring (bicyclic) bond motifs is 1. The molecule has 124 valence electrons. The third-order valence-corrected chi connectivity index (χ3v) is 4.48. The molecule has 0 atom stereocenters. The highest BCUT2D eigenvalue weighted by atomic mass is 16.2. The van der Waals surface area contributed by atoms with Crippen LogP contribution in [-0.2, 0) is 17.9 Å². The first kappa shape index (κ1) is 15.3. The van der Waals surface area contributed by atoms with Gasteiger partial charge in [-0.1, -0.05) is 36.9 Å². The molecule has 1 aromatic carbocycles. The molecule has 0 saturated carbocycles. The second-order valence-corrected chi connectivity index (χ2v) is 5.96. The Morgan fingerprint density at radius 2 is 1.80 bits per heavy atom. The molecule has 3 aromatic rings. The number of benzene rings is 1. The quantitative estimate of drug-likeness (QED) is 0.693. The Labute approximate surface area is 146 Å². The van der Waals surface area contributed by atoms with Gasteiger partial charge in [0.25, 0.3) is 0 Å². The molecule has 1 aliphatic heterocycles. The standard InChI is InChI=1S/C20H18N4O/c1-2-18(25)23-12-13-24-17(14-23)19(15-8-10-21-11-9-15)20(22-24)16-6-4-3-5-7-16/h2-11H,1,12-14H2. The fourth-order valence-electron chi connectivity index (χ4n) is 3.25. The summed E-state index contributed by atoms with van der Waals surface area (Å²) in [6.45, 7) is 5.46. The van der Waals surface area contributed by atoms with Crippen molar-refractivity contribution in [3.8, 4) is 22.4 Å². The van der Waals surface area contributed by atoms with Crippen molar-refractivity contribution in [2.45, 2.75) is 13.1 Å². The highest BCUT2D eigenvalue weighted by Crippen LogP contribution is 2.36. The zero-order chi connectivity index (χ0) is 17.2. The van der Waals surface area contributed by atoms with E-state index in [4.69, 9.17) is 5.10 Å². The number of carbonyl (C=O) groups excluding carboxylic acids is 1. The maximum absolute atomic E-state index is 12.1. The summed E-state index contributed by atoms with van der Waals surface area (Å²) in [4.78, 5) is 18.0. The lowest BCUT2D eigenvalue weighted by Gasteiger charge is -2.27. The summed E-state index contributed by atoms with van der Waals surface area (Å²) in [5.41, 5.74) is 5.18. The van der Waals surface area contributed by atoms with E-state index >= 15 is 0 Å². The van der Waals surface area contributed by atoms with E-state index in [9.17, 15) is 4.79 Å². The van der Waals surface area contributed by atoms with Gasteiger partial charge in [-0.2, -0.15) is 5.10 Å². The molecule has 25 heavy (non-hydrogen) atoms. The minimum Gasteiger partial charge on any atom is -0.331 e. The first-order chi connectivity index (χ1) is 12.3. The van der Waals surface area contributed by atoms with Crippen LogP contribution in [0, 0.1) is 0 Å². The van der Waals surface area contributed by atoms with Gasteiger partial charge in [0.05, 0.1) is 18.8 Å². The fourth-order valence-corrected chi connectivity index (χ4v) is 3.25. The van der Waals surface area contributed by atoms with Crippen LogP contribution in [0.2, 0.25) is 0 Å². The second-order valence-electron chi connectivity index (χ2n) is 5.96. The van der Waals surface area contributed by atoms with Crippen molar-refractivity contribution < 1.29 is 4.79 Å². The molecule has 2 aromatic heterocycles. The highest BCUT2D eigenvalue weighted by molar-refractivity contribution is 5.88. The molecule has 5 nitrogen and oxygen atoms in total. The summed E-state index contributed by atoms with van der Waals surface area (Å²) in [7, 11) is 0. The monoisotopic (exact) mass is 330 g/mol. The molecule has 0 fully saturated rings. The Morgan fingerprint density at radius 1 is 1.04 bits per heavy atom. The Hall–Kier alpha value is -3.21. The Bertz CT molecular complexity index is 916. The molecule has 0 saturated heterocycles. The van der Waals surface area contributed by atoms with Gasteiger partial charge in [-0.05, 0) is 23.8 Å². The van der Waals surface area contributed by atoms with Crippen molar-refractivity contribution >= 4 is 5.91 Å². The molecule has 0 N–H and O–H groups in total. The van der Waals surface area contributed by atoms with Crippen molar-refractivity contribution in [2.24, 2.45) is 0 Å². The molecule has 1 aliphatic rings. The van der Waals surface area contributed by atoms with Gasteiger partial charge in [-0.25, -0.2) is 0 Å². The zero-order valence-corrected chi connectivity index (χ0v) is 13.8. The van der Waals surface area contributed by atoms with Gasteiger partial charge in [0.2, 0.25) is 5.91 Å². The number of carbonyl (C=O) groups is 1. The van der Waals surface area contributed by atoms with Gasteiger partial charge in [0.1, 0.15) is 5.69 Å². The minimum atomic E-state index is -0.0469. The van der Waals surface area contributed by atoms with Gasteiger partial charge in [0, 0.05) is 30.1 Å². The van der Waals surface area contributed by atoms with Crippen LogP contribution in [0.3, 0.4) is 0 Å². The third-order valence-electron chi connectivity index (χ3n) is 4.48. The average Bonchev–Trinajstić information content (AvgIpc) is 3.07. The maximum atomic E-state index is 12.1. The van der Waals surface area contributed by atoms with Gasteiger partial charge in [0.15, 0.2) is 0 Å². The molecular weight excluding hydrogens is 312 g/mol. The molecular formula is C20H18N4O. The lowest BCUT2D eigenvalue weighted by Crippen LogP contribution is -2.37. The van der Waals surface area contributed by atoms with Crippen molar-refractivity contribution in [3.63, 3.8) is 0 Å². The van der Waals surface area contributed by atoms with Crippen LogP contribution in [0.1, 0.15) is 5.69 Å². The fraction of sp³-hybridized carbons (Fsp3) is 0.150. The maximum Gasteiger partial charge on any atom is 0.246 e. The van der Waals surface area contributed by atoms with Crippen molar-refractivity contribution in [1.29, 1.82) is 0 Å². The number of hydrogen-bond acceptors (Lipinski definition) is 3. The van der Waals surface area contributed by atoms with Crippen LogP contribution in [-0.4, -0.2) is 32.1 Å². The van der Waals surface area contributed by atoms with E-state index < -0.39 is 0 Å². The molecule has 0 radical (unpaired) electrons. The summed E-state index contributed by atoms with van der Waals surface area (Å²) in [6.07, 6.45) is 4.93. The molecule has 3 heterocycles. The van der Waals surface area contributed by atoms with E-state index in [1.54, 1.807) is 12.4 Å². The van der Waals surface area contributed by atoms with Crippen LogP contribution in [0.25, 0.3) is 22.4 Å². The van der Waals surface area contributed by atoms with E-state index in [1.807, 2.05) is 39.9 Å². The van der Waals surface area contributed by atoms with E-state index in [1.165, 1.54) is 6.08 Å². The molecule has 1 amide bonds. The van der Waals surface area contributed by atoms with E-state index in [0.29, 0.717) is 19.6 Å². The zero-order valence-electron chi connectivity index (χ0n) is 13.8.